The minimum atomic E-state index is -0.618. The maximum absolute atomic E-state index is 12.4. The van der Waals surface area contributed by atoms with Crippen LogP contribution < -0.4 is 5.32 Å². The van der Waals surface area contributed by atoms with Crippen LogP contribution in [0.15, 0.2) is 48.9 Å². The van der Waals surface area contributed by atoms with Crippen LogP contribution >= 0.6 is 0 Å². The van der Waals surface area contributed by atoms with Gasteiger partial charge in [-0.25, -0.2) is 24.7 Å². The number of fused-ring (bicyclic) bond motifs is 1. The molecule has 11 heteroatoms. The first kappa shape index (κ1) is 25.8. The largest absolute Gasteiger partial charge is 0.442 e. The van der Waals surface area contributed by atoms with E-state index in [1.807, 2.05) is 37.8 Å². The molecule has 1 saturated heterocycles. The summed E-state index contributed by atoms with van der Waals surface area (Å²) >= 11 is 0. The molecule has 4 aromatic rings. The molecule has 0 atom stereocenters. The number of benzene rings is 1. The Kier molecular flexibility index (Phi) is 7.19. The number of aromatic nitrogens is 6. The molecule has 39 heavy (non-hydrogen) atoms. The Bertz CT molecular complexity index is 1590. The Morgan fingerprint density at radius 1 is 1.03 bits per heavy atom. The van der Waals surface area contributed by atoms with Gasteiger partial charge in [0.05, 0.1) is 18.3 Å². The zero-order valence-electron chi connectivity index (χ0n) is 22.0. The predicted octanol–water partition coefficient (Wildman–Crippen LogP) is 3.50. The fourth-order valence-corrected chi connectivity index (χ4v) is 4.05. The van der Waals surface area contributed by atoms with Crippen molar-refractivity contribution < 1.29 is 14.3 Å². The van der Waals surface area contributed by atoms with Crippen LogP contribution in [0.3, 0.4) is 0 Å². The van der Waals surface area contributed by atoms with E-state index in [0.29, 0.717) is 28.7 Å². The molecular formula is C28H28N8O3. The van der Waals surface area contributed by atoms with E-state index < -0.39 is 11.7 Å². The molecule has 0 aliphatic carbocycles. The molecule has 1 aliphatic heterocycles. The molecule has 1 aliphatic rings. The van der Waals surface area contributed by atoms with E-state index >= 15 is 0 Å². The molecule has 0 bridgehead atoms. The smallest absolute Gasteiger partial charge is 0.435 e. The molecular weight excluding hydrogens is 496 g/mol. The number of likely N-dealkylation sites (tertiary alicyclic amines) is 1. The van der Waals surface area contributed by atoms with Crippen molar-refractivity contribution in [1.29, 1.82) is 0 Å². The van der Waals surface area contributed by atoms with Gasteiger partial charge in [0.2, 0.25) is 11.9 Å². The summed E-state index contributed by atoms with van der Waals surface area (Å²) in [6, 6.07) is 8.86. The lowest BCUT2D eigenvalue weighted by molar-refractivity contribution is -0.128. The topological polar surface area (TPSA) is 128 Å². The van der Waals surface area contributed by atoms with E-state index in [4.69, 9.17) is 4.74 Å². The van der Waals surface area contributed by atoms with Gasteiger partial charge in [-0.05, 0) is 69.9 Å². The number of nitrogens with one attached hydrogen (secondary N) is 1. The highest BCUT2D eigenvalue weighted by atomic mass is 16.6. The zero-order valence-corrected chi connectivity index (χ0v) is 22.0. The van der Waals surface area contributed by atoms with E-state index in [0.717, 1.165) is 36.9 Å². The lowest BCUT2D eigenvalue weighted by atomic mass is 10.1. The first-order valence-corrected chi connectivity index (χ1v) is 12.7. The predicted molar refractivity (Wildman–Crippen MR) is 145 cm³/mol. The SMILES string of the molecule is CC(C)(C)OC(=O)n1ncc2cc(C#Cc3ccnc(-c4ccnc(NCC(=O)N5CCCC5)n4)n3)ccc21. The first-order chi connectivity index (χ1) is 18.7. The molecule has 0 unspecified atom stereocenters. The number of carbonyl (C=O) groups excluding carboxylic acids is 2. The monoisotopic (exact) mass is 524 g/mol. The Morgan fingerprint density at radius 2 is 1.82 bits per heavy atom. The van der Waals surface area contributed by atoms with Gasteiger partial charge >= 0.3 is 6.09 Å². The lowest BCUT2D eigenvalue weighted by Crippen LogP contribution is -2.33. The molecule has 0 saturated carbocycles. The summed E-state index contributed by atoms with van der Waals surface area (Å²) in [5.41, 5.74) is 1.78. The van der Waals surface area contributed by atoms with Crippen molar-refractivity contribution in [3.8, 4) is 23.4 Å². The first-order valence-electron chi connectivity index (χ1n) is 12.7. The molecule has 1 aromatic carbocycles. The van der Waals surface area contributed by atoms with Crippen molar-refractivity contribution in [1.82, 2.24) is 34.6 Å². The zero-order chi connectivity index (χ0) is 27.4. The van der Waals surface area contributed by atoms with E-state index in [1.165, 1.54) is 4.68 Å². The van der Waals surface area contributed by atoms with Gasteiger partial charge in [-0.1, -0.05) is 5.92 Å². The minimum absolute atomic E-state index is 0.0328. The van der Waals surface area contributed by atoms with Crippen molar-refractivity contribution in [3.05, 3.63) is 60.2 Å². The quantitative estimate of drug-likeness (QED) is 0.399. The maximum Gasteiger partial charge on any atom is 0.435 e. The van der Waals surface area contributed by atoms with Gasteiger partial charge in [-0.2, -0.15) is 9.78 Å². The second kappa shape index (κ2) is 10.9. The molecule has 0 spiro atoms. The van der Waals surface area contributed by atoms with Crippen molar-refractivity contribution in [2.75, 3.05) is 25.0 Å². The molecule has 0 radical (unpaired) electrons. The third-order valence-electron chi connectivity index (χ3n) is 5.87. The molecule has 5 rings (SSSR count). The Balaban J connectivity index is 1.29. The Labute approximate surface area is 225 Å². The second-order valence-electron chi connectivity index (χ2n) is 10.0. The molecule has 4 heterocycles. The van der Waals surface area contributed by atoms with Crippen LogP contribution in [0.25, 0.3) is 22.4 Å². The molecule has 198 valence electrons. The normalized spacial score (nSPS) is 13.2. The fraction of sp³-hybridized carbons (Fsp3) is 0.321. The summed E-state index contributed by atoms with van der Waals surface area (Å²) in [5, 5.41) is 7.93. The van der Waals surface area contributed by atoms with Crippen LogP contribution in [0.2, 0.25) is 0 Å². The number of anilines is 1. The van der Waals surface area contributed by atoms with Crippen LogP contribution in [-0.4, -0.2) is 71.9 Å². The summed E-state index contributed by atoms with van der Waals surface area (Å²) in [5.74, 6) is 6.91. The number of nitrogens with zero attached hydrogens (tertiary/aromatic N) is 7. The summed E-state index contributed by atoms with van der Waals surface area (Å²) in [6.07, 6.45) is 6.37. The number of hydrogen-bond acceptors (Lipinski definition) is 9. The van der Waals surface area contributed by atoms with Crippen LogP contribution in [0.4, 0.5) is 10.7 Å². The van der Waals surface area contributed by atoms with Gasteiger partial charge in [0, 0.05) is 36.4 Å². The Morgan fingerprint density at radius 3 is 2.62 bits per heavy atom. The van der Waals surface area contributed by atoms with Crippen LogP contribution in [-0.2, 0) is 9.53 Å². The van der Waals surface area contributed by atoms with Gasteiger partial charge in [0.15, 0.2) is 5.82 Å². The van der Waals surface area contributed by atoms with Crippen LogP contribution in [0.1, 0.15) is 44.9 Å². The van der Waals surface area contributed by atoms with E-state index in [1.54, 1.807) is 36.8 Å². The lowest BCUT2D eigenvalue weighted by Gasteiger charge is -2.19. The number of carbonyl (C=O) groups is 2. The maximum atomic E-state index is 12.4. The molecule has 3 aromatic heterocycles. The molecule has 11 nitrogen and oxygen atoms in total. The molecule has 1 N–H and O–H groups in total. The van der Waals surface area contributed by atoms with Gasteiger partial charge in [-0.15, -0.1) is 0 Å². The molecule has 1 fully saturated rings. The number of rotatable bonds is 4. The summed E-state index contributed by atoms with van der Waals surface area (Å²) in [7, 11) is 0. The Hall–Kier alpha value is -4.85. The standard InChI is InChI=1S/C28H28N8O3/c1-28(2,3)39-27(38)36-23-9-7-19(16-20(23)17-32-36)6-8-21-10-12-29-25(33-21)22-11-13-30-26(34-22)31-18-24(37)35-14-4-5-15-35/h7,9-13,16-17H,4-5,14-15,18H2,1-3H3,(H,30,31,34). The van der Waals surface area contributed by atoms with Crippen molar-refractivity contribution in [2.24, 2.45) is 0 Å². The average molecular weight is 525 g/mol. The highest BCUT2D eigenvalue weighted by Gasteiger charge is 2.20. The summed E-state index contributed by atoms with van der Waals surface area (Å²) < 4.78 is 6.65. The van der Waals surface area contributed by atoms with Crippen LogP contribution in [0, 0.1) is 11.8 Å². The molecule has 1 amide bonds. The van der Waals surface area contributed by atoms with Gasteiger partial charge in [0.1, 0.15) is 17.0 Å². The average Bonchev–Trinajstić information content (AvgIpc) is 3.60. The van der Waals surface area contributed by atoms with Crippen molar-refractivity contribution >= 4 is 28.9 Å². The van der Waals surface area contributed by atoms with Crippen molar-refractivity contribution in [2.45, 2.75) is 39.2 Å². The summed E-state index contributed by atoms with van der Waals surface area (Å²) in [4.78, 5) is 44.1. The van der Waals surface area contributed by atoms with E-state index in [2.05, 4.69) is 42.2 Å². The third kappa shape index (κ3) is 6.35. The summed E-state index contributed by atoms with van der Waals surface area (Å²) in [6.45, 7) is 7.15. The van der Waals surface area contributed by atoms with E-state index in [-0.39, 0.29) is 12.5 Å². The fourth-order valence-electron chi connectivity index (χ4n) is 4.05. The third-order valence-corrected chi connectivity index (χ3v) is 5.87. The van der Waals surface area contributed by atoms with Gasteiger partial charge in [0.25, 0.3) is 0 Å². The van der Waals surface area contributed by atoms with Crippen molar-refractivity contribution in [3.63, 3.8) is 0 Å². The highest BCUT2D eigenvalue weighted by Crippen LogP contribution is 2.18. The van der Waals surface area contributed by atoms with Gasteiger partial charge < -0.3 is 15.0 Å². The number of hydrogen-bond donors (Lipinski definition) is 1. The van der Waals surface area contributed by atoms with Gasteiger partial charge in [-0.3, -0.25) is 4.79 Å². The van der Waals surface area contributed by atoms with Crippen LogP contribution in [0.5, 0.6) is 0 Å². The number of ether oxygens (including phenoxy) is 1. The van der Waals surface area contributed by atoms with E-state index in [9.17, 15) is 9.59 Å². The second-order valence-corrected chi connectivity index (χ2v) is 10.0. The highest BCUT2D eigenvalue weighted by molar-refractivity contribution is 5.88. The minimum Gasteiger partial charge on any atom is -0.442 e. The number of amides is 1.